The van der Waals surface area contributed by atoms with E-state index in [0.717, 1.165) is 16.0 Å². The maximum atomic E-state index is 12.4. The molecule has 0 bridgehead atoms. The summed E-state index contributed by atoms with van der Waals surface area (Å²) in [7, 11) is 0. The lowest BCUT2D eigenvalue weighted by atomic mass is 10.2. The Morgan fingerprint density at radius 3 is 2.54 bits per heavy atom. The first-order valence-corrected chi connectivity index (χ1v) is 9.54. The first-order valence-electron chi connectivity index (χ1n) is 8.66. The largest absolute Gasteiger partial charge is 0.441 e. The molecule has 4 rings (SSSR count). The van der Waals surface area contributed by atoms with E-state index in [4.69, 9.17) is 4.42 Å². The standard InChI is InChI=1S/C19H19N3O3S/c23-18(8-7-17-20-14-4-1-2-5-15(14)25-17)21-9-11-22(12-10-21)19(24)16-6-3-13-26-16/h1-6,13H,7-12H2. The summed E-state index contributed by atoms with van der Waals surface area (Å²) in [6.45, 7) is 2.30. The Balaban J connectivity index is 1.29. The van der Waals surface area contributed by atoms with Gasteiger partial charge in [-0.15, -0.1) is 11.3 Å². The van der Waals surface area contributed by atoms with Crippen LogP contribution < -0.4 is 0 Å². The van der Waals surface area contributed by atoms with Crippen molar-refractivity contribution in [3.8, 4) is 0 Å². The summed E-state index contributed by atoms with van der Waals surface area (Å²) in [6, 6.07) is 11.3. The second kappa shape index (κ2) is 7.29. The van der Waals surface area contributed by atoms with Gasteiger partial charge in [-0.3, -0.25) is 9.59 Å². The van der Waals surface area contributed by atoms with Crippen LogP contribution in [0.3, 0.4) is 0 Å². The molecule has 0 spiro atoms. The summed E-state index contributed by atoms with van der Waals surface area (Å²) >= 11 is 1.45. The molecular formula is C19H19N3O3S. The zero-order chi connectivity index (χ0) is 17.9. The molecule has 3 aromatic rings. The lowest BCUT2D eigenvalue weighted by Gasteiger charge is -2.34. The number of para-hydroxylation sites is 2. The molecule has 0 atom stereocenters. The molecular weight excluding hydrogens is 350 g/mol. The Morgan fingerprint density at radius 2 is 1.81 bits per heavy atom. The van der Waals surface area contributed by atoms with Gasteiger partial charge >= 0.3 is 0 Å². The lowest BCUT2D eigenvalue weighted by Crippen LogP contribution is -2.50. The Labute approximate surface area is 155 Å². The highest BCUT2D eigenvalue weighted by atomic mass is 32.1. The first kappa shape index (κ1) is 16.8. The van der Waals surface area contributed by atoms with Gasteiger partial charge in [-0.1, -0.05) is 18.2 Å². The molecule has 0 radical (unpaired) electrons. The van der Waals surface area contributed by atoms with E-state index in [2.05, 4.69) is 4.98 Å². The van der Waals surface area contributed by atoms with Gasteiger partial charge in [-0.05, 0) is 23.6 Å². The summed E-state index contributed by atoms with van der Waals surface area (Å²) in [5, 5.41) is 1.90. The minimum Gasteiger partial charge on any atom is -0.441 e. The Morgan fingerprint density at radius 1 is 1.04 bits per heavy atom. The van der Waals surface area contributed by atoms with Crippen molar-refractivity contribution in [1.82, 2.24) is 14.8 Å². The van der Waals surface area contributed by atoms with Gasteiger partial charge in [-0.25, -0.2) is 4.98 Å². The average Bonchev–Trinajstić information content (AvgIpc) is 3.35. The number of hydrogen-bond acceptors (Lipinski definition) is 5. The van der Waals surface area contributed by atoms with Gasteiger partial charge in [0.15, 0.2) is 11.5 Å². The molecule has 26 heavy (non-hydrogen) atoms. The number of fused-ring (bicyclic) bond motifs is 1. The zero-order valence-corrected chi connectivity index (χ0v) is 15.1. The van der Waals surface area contributed by atoms with Crippen molar-refractivity contribution >= 4 is 34.3 Å². The number of thiophene rings is 1. The van der Waals surface area contributed by atoms with Crippen molar-refractivity contribution in [2.45, 2.75) is 12.8 Å². The predicted molar refractivity (Wildman–Crippen MR) is 99.1 cm³/mol. The average molecular weight is 369 g/mol. The number of hydrogen-bond donors (Lipinski definition) is 0. The summed E-state index contributed by atoms with van der Waals surface area (Å²) in [6.07, 6.45) is 0.855. The second-order valence-corrected chi connectivity index (χ2v) is 7.17. The number of benzene rings is 1. The van der Waals surface area contributed by atoms with Crippen molar-refractivity contribution in [3.05, 3.63) is 52.5 Å². The summed E-state index contributed by atoms with van der Waals surface area (Å²) in [5.74, 6) is 0.722. The van der Waals surface area contributed by atoms with Gasteiger partial charge in [0.2, 0.25) is 5.91 Å². The second-order valence-electron chi connectivity index (χ2n) is 6.23. The van der Waals surface area contributed by atoms with Gasteiger partial charge in [0.1, 0.15) is 5.52 Å². The van der Waals surface area contributed by atoms with E-state index < -0.39 is 0 Å². The summed E-state index contributed by atoms with van der Waals surface area (Å²) in [5.41, 5.74) is 1.56. The molecule has 3 heterocycles. The lowest BCUT2D eigenvalue weighted by molar-refractivity contribution is -0.132. The number of aryl methyl sites for hydroxylation is 1. The zero-order valence-electron chi connectivity index (χ0n) is 14.3. The number of carbonyl (C=O) groups excluding carboxylic acids is 2. The number of nitrogens with zero attached hydrogens (tertiary/aromatic N) is 3. The van der Waals surface area contributed by atoms with Crippen molar-refractivity contribution in [2.24, 2.45) is 0 Å². The maximum absolute atomic E-state index is 12.4. The highest BCUT2D eigenvalue weighted by molar-refractivity contribution is 7.12. The monoisotopic (exact) mass is 369 g/mol. The molecule has 1 aromatic carbocycles. The summed E-state index contributed by atoms with van der Waals surface area (Å²) < 4.78 is 5.66. The fourth-order valence-corrected chi connectivity index (χ4v) is 3.80. The molecule has 0 N–H and O–H groups in total. The molecule has 1 saturated heterocycles. The van der Waals surface area contributed by atoms with Crippen LogP contribution in [0.25, 0.3) is 11.1 Å². The maximum Gasteiger partial charge on any atom is 0.264 e. The molecule has 6 nitrogen and oxygen atoms in total. The van der Waals surface area contributed by atoms with Gasteiger partial charge < -0.3 is 14.2 Å². The first-order chi connectivity index (χ1) is 12.7. The van der Waals surface area contributed by atoms with Crippen LogP contribution in [0.1, 0.15) is 22.0 Å². The van der Waals surface area contributed by atoms with E-state index in [9.17, 15) is 9.59 Å². The molecule has 2 aromatic heterocycles. The predicted octanol–water partition coefficient (Wildman–Crippen LogP) is 2.81. The van der Waals surface area contributed by atoms with Gasteiger partial charge in [0.25, 0.3) is 5.91 Å². The fourth-order valence-electron chi connectivity index (χ4n) is 3.11. The third-order valence-corrected chi connectivity index (χ3v) is 5.40. The van der Waals surface area contributed by atoms with Crippen LogP contribution in [-0.2, 0) is 11.2 Å². The van der Waals surface area contributed by atoms with E-state index in [1.807, 2.05) is 51.6 Å². The molecule has 2 amide bonds. The Hall–Kier alpha value is -2.67. The number of aromatic nitrogens is 1. The van der Waals surface area contributed by atoms with E-state index in [1.54, 1.807) is 0 Å². The quantitative estimate of drug-likeness (QED) is 0.709. The van der Waals surface area contributed by atoms with E-state index >= 15 is 0 Å². The van der Waals surface area contributed by atoms with Crippen LogP contribution in [0.5, 0.6) is 0 Å². The SMILES string of the molecule is O=C(CCc1nc2ccccc2o1)N1CCN(C(=O)c2cccs2)CC1. The van der Waals surface area contributed by atoms with Crippen molar-refractivity contribution < 1.29 is 14.0 Å². The van der Waals surface area contributed by atoms with E-state index in [1.165, 1.54) is 11.3 Å². The van der Waals surface area contributed by atoms with Crippen LogP contribution in [-0.4, -0.2) is 52.8 Å². The van der Waals surface area contributed by atoms with Crippen LogP contribution >= 0.6 is 11.3 Å². The molecule has 134 valence electrons. The Kier molecular flexibility index (Phi) is 4.71. The summed E-state index contributed by atoms with van der Waals surface area (Å²) in [4.78, 5) is 33.6. The number of oxazole rings is 1. The van der Waals surface area contributed by atoms with Gasteiger partial charge in [-0.2, -0.15) is 0 Å². The number of rotatable bonds is 4. The van der Waals surface area contributed by atoms with Crippen LogP contribution in [0.4, 0.5) is 0 Å². The molecule has 0 aliphatic carbocycles. The van der Waals surface area contributed by atoms with E-state index in [-0.39, 0.29) is 11.8 Å². The topological polar surface area (TPSA) is 66.7 Å². The number of piperazine rings is 1. The van der Waals surface area contributed by atoms with Crippen LogP contribution in [0.15, 0.2) is 46.2 Å². The van der Waals surface area contributed by atoms with Crippen molar-refractivity contribution in [2.75, 3.05) is 26.2 Å². The molecule has 1 fully saturated rings. The van der Waals surface area contributed by atoms with Crippen molar-refractivity contribution in [3.63, 3.8) is 0 Å². The smallest absolute Gasteiger partial charge is 0.264 e. The molecule has 1 aliphatic heterocycles. The third-order valence-electron chi connectivity index (χ3n) is 4.54. The molecule has 0 unspecified atom stereocenters. The number of carbonyl (C=O) groups is 2. The third kappa shape index (κ3) is 3.48. The van der Waals surface area contributed by atoms with Gasteiger partial charge in [0, 0.05) is 39.0 Å². The van der Waals surface area contributed by atoms with Crippen LogP contribution in [0, 0.1) is 0 Å². The normalized spacial score (nSPS) is 14.8. The van der Waals surface area contributed by atoms with Gasteiger partial charge in [0.05, 0.1) is 4.88 Å². The fraction of sp³-hybridized carbons (Fsp3) is 0.316. The Bertz CT molecular complexity index is 878. The number of amides is 2. The molecule has 0 saturated carbocycles. The van der Waals surface area contributed by atoms with Crippen molar-refractivity contribution in [1.29, 1.82) is 0 Å². The minimum absolute atomic E-state index is 0.0542. The highest BCUT2D eigenvalue weighted by Crippen LogP contribution is 2.17. The minimum atomic E-state index is 0.0542. The molecule has 7 heteroatoms. The molecule has 1 aliphatic rings. The van der Waals surface area contributed by atoms with E-state index in [0.29, 0.717) is 44.9 Å². The highest BCUT2D eigenvalue weighted by Gasteiger charge is 2.25. The van der Waals surface area contributed by atoms with Crippen LogP contribution in [0.2, 0.25) is 0 Å².